The number of benzene rings is 1. The molecule has 134 valence electrons. The minimum Gasteiger partial charge on any atom is -0.338 e. The lowest BCUT2D eigenvalue weighted by Gasteiger charge is -2.32. The van der Waals surface area contributed by atoms with Gasteiger partial charge in [-0.2, -0.15) is 17.0 Å². The molecule has 0 spiro atoms. The third kappa shape index (κ3) is 4.68. The van der Waals surface area contributed by atoms with Crippen molar-refractivity contribution in [3.05, 3.63) is 29.8 Å². The average molecular weight is 354 g/mol. The van der Waals surface area contributed by atoms with E-state index in [1.165, 1.54) is 8.61 Å². The molecule has 0 bridgehead atoms. The molecular formula is C16H26N4O3S. The summed E-state index contributed by atoms with van der Waals surface area (Å²) in [6, 6.07) is 7.38. The van der Waals surface area contributed by atoms with Crippen LogP contribution in [0.25, 0.3) is 0 Å². The zero-order valence-electron chi connectivity index (χ0n) is 14.4. The van der Waals surface area contributed by atoms with Gasteiger partial charge in [0.05, 0.1) is 0 Å². The molecule has 1 heterocycles. The SMILES string of the molecule is Cc1ccccc1NC(=O)NCC1CCN(S(=O)(=O)N(C)C)CC1. The van der Waals surface area contributed by atoms with Crippen molar-refractivity contribution >= 4 is 21.9 Å². The van der Waals surface area contributed by atoms with E-state index in [0.29, 0.717) is 25.6 Å². The number of rotatable bonds is 5. The van der Waals surface area contributed by atoms with Gasteiger partial charge in [-0.15, -0.1) is 0 Å². The molecule has 2 N–H and O–H groups in total. The van der Waals surface area contributed by atoms with E-state index in [9.17, 15) is 13.2 Å². The van der Waals surface area contributed by atoms with E-state index in [0.717, 1.165) is 24.1 Å². The number of carbonyl (C=O) groups is 1. The van der Waals surface area contributed by atoms with Crippen LogP contribution in [-0.4, -0.2) is 56.8 Å². The summed E-state index contributed by atoms with van der Waals surface area (Å²) in [5.74, 6) is 0.293. The first-order valence-corrected chi connectivity index (χ1v) is 9.48. The van der Waals surface area contributed by atoms with Gasteiger partial charge in [0.15, 0.2) is 0 Å². The zero-order valence-corrected chi connectivity index (χ0v) is 15.3. The lowest BCUT2D eigenvalue weighted by molar-refractivity contribution is 0.238. The van der Waals surface area contributed by atoms with Crippen LogP contribution in [0.1, 0.15) is 18.4 Å². The van der Waals surface area contributed by atoms with E-state index in [4.69, 9.17) is 0 Å². The zero-order chi connectivity index (χ0) is 17.7. The third-order valence-corrected chi connectivity index (χ3v) is 6.25. The molecule has 0 atom stereocenters. The molecule has 1 aromatic carbocycles. The number of nitrogens with zero attached hydrogens (tertiary/aromatic N) is 2. The van der Waals surface area contributed by atoms with Crippen molar-refractivity contribution in [1.29, 1.82) is 0 Å². The first kappa shape index (κ1) is 18.7. The molecule has 0 aliphatic carbocycles. The van der Waals surface area contributed by atoms with Gasteiger partial charge in [-0.3, -0.25) is 0 Å². The summed E-state index contributed by atoms with van der Waals surface area (Å²) in [5, 5.41) is 5.71. The minimum atomic E-state index is -3.33. The Bertz CT molecular complexity index is 668. The van der Waals surface area contributed by atoms with Gasteiger partial charge < -0.3 is 10.6 Å². The number of hydrogen-bond acceptors (Lipinski definition) is 3. The molecule has 1 aromatic rings. The molecule has 0 saturated carbocycles. The Balaban J connectivity index is 1.77. The second-order valence-corrected chi connectivity index (χ2v) is 8.42. The van der Waals surface area contributed by atoms with Crippen molar-refractivity contribution in [3.63, 3.8) is 0 Å². The molecule has 8 heteroatoms. The lowest BCUT2D eigenvalue weighted by atomic mass is 9.98. The van der Waals surface area contributed by atoms with Crippen molar-refractivity contribution in [2.75, 3.05) is 39.0 Å². The summed E-state index contributed by atoms with van der Waals surface area (Å²) in [6.45, 7) is 3.47. The van der Waals surface area contributed by atoms with Crippen LogP contribution in [0.2, 0.25) is 0 Å². The van der Waals surface area contributed by atoms with Crippen LogP contribution in [0.4, 0.5) is 10.5 Å². The number of amides is 2. The number of hydrogen-bond donors (Lipinski definition) is 2. The molecule has 24 heavy (non-hydrogen) atoms. The normalized spacial score (nSPS) is 17.0. The Hall–Kier alpha value is -1.64. The van der Waals surface area contributed by atoms with Crippen molar-refractivity contribution in [2.45, 2.75) is 19.8 Å². The van der Waals surface area contributed by atoms with Crippen molar-refractivity contribution in [3.8, 4) is 0 Å². The summed E-state index contributed by atoms with van der Waals surface area (Å²) >= 11 is 0. The maximum absolute atomic E-state index is 12.1. The van der Waals surface area contributed by atoms with Crippen molar-refractivity contribution in [1.82, 2.24) is 13.9 Å². The average Bonchev–Trinajstić information content (AvgIpc) is 2.55. The van der Waals surface area contributed by atoms with E-state index < -0.39 is 10.2 Å². The molecule has 0 unspecified atom stereocenters. The van der Waals surface area contributed by atoms with E-state index in [1.54, 1.807) is 14.1 Å². The molecular weight excluding hydrogens is 328 g/mol. The summed E-state index contributed by atoms with van der Waals surface area (Å²) in [7, 11) is -0.252. The lowest BCUT2D eigenvalue weighted by Crippen LogP contribution is -2.46. The number of urea groups is 1. The van der Waals surface area contributed by atoms with E-state index in [2.05, 4.69) is 10.6 Å². The summed E-state index contributed by atoms with van der Waals surface area (Å²) in [5.41, 5.74) is 1.80. The summed E-state index contributed by atoms with van der Waals surface area (Å²) in [4.78, 5) is 12.0. The first-order chi connectivity index (χ1) is 11.3. The minimum absolute atomic E-state index is 0.229. The van der Waals surface area contributed by atoms with Crippen LogP contribution in [-0.2, 0) is 10.2 Å². The second-order valence-electron chi connectivity index (χ2n) is 6.28. The Kier molecular flexibility index (Phi) is 6.20. The summed E-state index contributed by atoms with van der Waals surface area (Å²) in [6.07, 6.45) is 1.50. The van der Waals surface area contributed by atoms with Gasteiger partial charge in [0.25, 0.3) is 10.2 Å². The molecule has 1 aliphatic rings. The van der Waals surface area contributed by atoms with Gasteiger partial charge in [0, 0.05) is 39.4 Å². The van der Waals surface area contributed by atoms with Crippen LogP contribution < -0.4 is 10.6 Å². The fourth-order valence-corrected chi connectivity index (χ4v) is 3.83. The van der Waals surface area contributed by atoms with Gasteiger partial charge >= 0.3 is 6.03 Å². The Labute approximate surface area is 144 Å². The van der Waals surface area contributed by atoms with Crippen molar-refractivity contribution < 1.29 is 13.2 Å². The molecule has 7 nitrogen and oxygen atoms in total. The Morgan fingerprint density at radius 3 is 2.46 bits per heavy atom. The van der Waals surface area contributed by atoms with Gasteiger partial charge in [0.1, 0.15) is 0 Å². The highest BCUT2D eigenvalue weighted by Gasteiger charge is 2.29. The van der Waals surface area contributed by atoms with Crippen LogP contribution in [0.5, 0.6) is 0 Å². The van der Waals surface area contributed by atoms with Gasteiger partial charge in [0.2, 0.25) is 0 Å². The number of anilines is 1. The largest absolute Gasteiger partial charge is 0.338 e. The molecule has 2 amide bonds. The quantitative estimate of drug-likeness (QED) is 0.843. The predicted molar refractivity (Wildman–Crippen MR) is 95.1 cm³/mol. The number of para-hydroxylation sites is 1. The Morgan fingerprint density at radius 2 is 1.88 bits per heavy atom. The highest BCUT2D eigenvalue weighted by Crippen LogP contribution is 2.20. The maximum Gasteiger partial charge on any atom is 0.319 e. The monoisotopic (exact) mass is 354 g/mol. The number of piperidine rings is 1. The highest BCUT2D eigenvalue weighted by atomic mass is 32.2. The topological polar surface area (TPSA) is 81.8 Å². The van der Waals surface area contributed by atoms with E-state index in [-0.39, 0.29) is 6.03 Å². The number of aryl methyl sites for hydroxylation is 1. The number of nitrogens with one attached hydrogen (secondary N) is 2. The second kappa shape index (κ2) is 7.96. The van der Waals surface area contributed by atoms with Crippen molar-refractivity contribution in [2.24, 2.45) is 5.92 Å². The van der Waals surface area contributed by atoms with Crippen LogP contribution in [0.15, 0.2) is 24.3 Å². The molecule has 1 saturated heterocycles. The maximum atomic E-state index is 12.1. The van der Waals surface area contributed by atoms with Crippen LogP contribution in [0, 0.1) is 12.8 Å². The number of carbonyl (C=O) groups excluding carboxylic acids is 1. The molecule has 2 rings (SSSR count). The van der Waals surface area contributed by atoms with Gasteiger partial charge in [-0.1, -0.05) is 18.2 Å². The smallest absolute Gasteiger partial charge is 0.319 e. The molecule has 1 aliphatic heterocycles. The van der Waals surface area contributed by atoms with Crippen LogP contribution in [0.3, 0.4) is 0 Å². The fourth-order valence-electron chi connectivity index (χ4n) is 2.69. The highest BCUT2D eigenvalue weighted by molar-refractivity contribution is 7.86. The molecule has 0 radical (unpaired) electrons. The Morgan fingerprint density at radius 1 is 1.25 bits per heavy atom. The predicted octanol–water partition coefficient (Wildman–Crippen LogP) is 1.63. The van der Waals surface area contributed by atoms with Crippen LogP contribution >= 0.6 is 0 Å². The standard InChI is InChI=1S/C16H26N4O3S/c1-13-6-4-5-7-15(13)18-16(21)17-12-14-8-10-20(11-9-14)24(22,23)19(2)3/h4-7,14H,8-12H2,1-3H3,(H2,17,18,21). The first-order valence-electron chi connectivity index (χ1n) is 8.09. The van der Waals surface area contributed by atoms with Gasteiger partial charge in [-0.05, 0) is 37.3 Å². The van der Waals surface area contributed by atoms with Gasteiger partial charge in [-0.25, -0.2) is 4.79 Å². The fraction of sp³-hybridized carbons (Fsp3) is 0.562. The molecule has 1 fully saturated rings. The third-order valence-electron chi connectivity index (χ3n) is 4.31. The van der Waals surface area contributed by atoms with E-state index in [1.807, 2.05) is 31.2 Å². The van der Waals surface area contributed by atoms with E-state index >= 15 is 0 Å². The molecule has 0 aromatic heterocycles. The summed E-state index contributed by atoms with van der Waals surface area (Å²) < 4.78 is 26.9.